The van der Waals surface area contributed by atoms with Crippen LogP contribution in [0.2, 0.25) is 0 Å². The smallest absolute Gasteiger partial charge is 0.338 e. The Bertz CT molecular complexity index is 2180. The molecular weight excluding hydrogens is 606 g/mol. The second kappa shape index (κ2) is 12.4. The van der Waals surface area contributed by atoms with Gasteiger partial charge in [0, 0.05) is 29.5 Å². The number of nitro groups is 1. The third kappa shape index (κ3) is 5.77. The maximum absolute atomic E-state index is 14.3. The number of thiazole rings is 1. The van der Waals surface area contributed by atoms with Crippen molar-refractivity contribution in [3.05, 3.63) is 137 Å². The number of benzene rings is 3. The second-order valence-corrected chi connectivity index (χ2v) is 11.8. The average molecular weight is 636 g/mol. The summed E-state index contributed by atoms with van der Waals surface area (Å²) in [6.07, 6.45) is 3.11. The number of aromatic nitrogens is 3. The SMILES string of the molecule is COc1ccc([C@H]2C(C(=O)OC(C)C)=C(C)N=c3s/c(=C/c4cn(-c5ccccc5)nc4-c4cccc([N+](=O)[O-])c4)c(=O)n32)cc1. The van der Waals surface area contributed by atoms with Crippen LogP contribution in [0.4, 0.5) is 5.69 Å². The number of para-hydroxylation sites is 1. The fraction of sp³-hybridized carbons (Fsp3) is 0.176. The molecule has 0 saturated heterocycles. The Hall–Kier alpha value is -5.62. The van der Waals surface area contributed by atoms with Crippen LogP contribution in [-0.4, -0.2) is 38.5 Å². The topological polar surface area (TPSA) is 131 Å². The quantitative estimate of drug-likeness (QED) is 0.134. The summed E-state index contributed by atoms with van der Waals surface area (Å²) in [4.78, 5) is 43.9. The summed E-state index contributed by atoms with van der Waals surface area (Å²) in [5, 5.41) is 16.3. The molecule has 6 rings (SSSR count). The molecule has 1 aliphatic rings. The zero-order valence-corrected chi connectivity index (χ0v) is 26.2. The Kier molecular flexibility index (Phi) is 8.20. The molecule has 0 radical (unpaired) electrons. The first-order valence-corrected chi connectivity index (χ1v) is 15.2. The first-order chi connectivity index (χ1) is 22.1. The predicted molar refractivity (Wildman–Crippen MR) is 174 cm³/mol. The van der Waals surface area contributed by atoms with Crippen LogP contribution in [0, 0.1) is 10.1 Å². The number of fused-ring (bicyclic) bond motifs is 1. The van der Waals surface area contributed by atoms with Crippen LogP contribution >= 0.6 is 11.3 Å². The lowest BCUT2D eigenvalue weighted by Crippen LogP contribution is -2.40. The van der Waals surface area contributed by atoms with Crippen molar-refractivity contribution >= 4 is 29.1 Å². The van der Waals surface area contributed by atoms with Gasteiger partial charge in [-0.05, 0) is 56.7 Å². The molecule has 3 heterocycles. The summed E-state index contributed by atoms with van der Waals surface area (Å²) in [6, 6.07) is 22.0. The minimum Gasteiger partial charge on any atom is -0.497 e. The number of hydrogen-bond acceptors (Lipinski definition) is 9. The molecule has 5 aromatic rings. The highest BCUT2D eigenvalue weighted by Crippen LogP contribution is 2.32. The van der Waals surface area contributed by atoms with Gasteiger partial charge in [-0.25, -0.2) is 14.5 Å². The van der Waals surface area contributed by atoms with Crippen LogP contribution < -0.4 is 19.6 Å². The van der Waals surface area contributed by atoms with E-state index in [1.54, 1.807) is 69.1 Å². The molecule has 0 amide bonds. The predicted octanol–water partition coefficient (Wildman–Crippen LogP) is 4.96. The highest BCUT2D eigenvalue weighted by Gasteiger charge is 2.34. The maximum atomic E-state index is 14.3. The molecule has 2 aromatic heterocycles. The van der Waals surface area contributed by atoms with Gasteiger partial charge in [-0.15, -0.1) is 0 Å². The van der Waals surface area contributed by atoms with Gasteiger partial charge in [0.05, 0.1) is 45.7 Å². The van der Waals surface area contributed by atoms with E-state index in [1.165, 1.54) is 28.0 Å². The first-order valence-electron chi connectivity index (χ1n) is 14.4. The van der Waals surface area contributed by atoms with E-state index < -0.39 is 16.9 Å². The van der Waals surface area contributed by atoms with Gasteiger partial charge in [0.25, 0.3) is 11.2 Å². The van der Waals surface area contributed by atoms with Crippen molar-refractivity contribution in [1.82, 2.24) is 14.3 Å². The number of carbonyl (C=O) groups excluding carboxylic acids is 1. The molecule has 3 aromatic carbocycles. The lowest BCUT2D eigenvalue weighted by Gasteiger charge is -2.25. The third-order valence-electron chi connectivity index (χ3n) is 7.40. The minimum atomic E-state index is -0.793. The van der Waals surface area contributed by atoms with Gasteiger partial charge in [0.2, 0.25) is 0 Å². The van der Waals surface area contributed by atoms with E-state index in [9.17, 15) is 19.7 Å². The Morgan fingerprint density at radius 3 is 2.48 bits per heavy atom. The van der Waals surface area contributed by atoms with Crippen molar-refractivity contribution in [2.75, 3.05) is 7.11 Å². The van der Waals surface area contributed by atoms with Crippen molar-refractivity contribution in [2.24, 2.45) is 4.99 Å². The first kappa shape index (κ1) is 30.4. The van der Waals surface area contributed by atoms with E-state index in [0.29, 0.717) is 43.2 Å². The highest BCUT2D eigenvalue weighted by molar-refractivity contribution is 7.07. The monoisotopic (exact) mass is 635 g/mol. The van der Waals surface area contributed by atoms with Gasteiger partial charge in [0.1, 0.15) is 11.4 Å². The number of methoxy groups -OCH3 is 1. The Balaban J connectivity index is 1.56. The fourth-order valence-corrected chi connectivity index (χ4v) is 6.34. The molecule has 11 nitrogen and oxygen atoms in total. The highest BCUT2D eigenvalue weighted by atomic mass is 32.1. The third-order valence-corrected chi connectivity index (χ3v) is 8.38. The molecule has 0 unspecified atom stereocenters. The molecule has 12 heteroatoms. The van der Waals surface area contributed by atoms with Crippen LogP contribution in [0.15, 0.2) is 106 Å². The van der Waals surface area contributed by atoms with E-state index in [-0.39, 0.29) is 22.9 Å². The molecule has 0 bridgehead atoms. The van der Waals surface area contributed by atoms with Crippen molar-refractivity contribution < 1.29 is 19.2 Å². The Labute approximate surface area is 267 Å². The minimum absolute atomic E-state index is 0.0761. The molecule has 0 spiro atoms. The standard InChI is InChI=1S/C34H29N5O6S/c1-20(2)45-33(41)29-21(3)35-34-38(31(29)22-13-15-27(44-4)16-14-22)32(40)28(46-34)18-24-19-37(25-10-6-5-7-11-25)36-30(24)23-9-8-12-26(17-23)39(42)43/h5-20,31H,1-4H3/b28-18+/t31-/m0/s1. The molecule has 0 saturated carbocycles. The van der Waals surface area contributed by atoms with Gasteiger partial charge in [-0.1, -0.05) is 53.8 Å². The largest absolute Gasteiger partial charge is 0.497 e. The molecule has 0 fully saturated rings. The zero-order valence-electron chi connectivity index (χ0n) is 25.4. The van der Waals surface area contributed by atoms with Crippen molar-refractivity contribution in [1.29, 1.82) is 0 Å². The van der Waals surface area contributed by atoms with Crippen LogP contribution in [-0.2, 0) is 9.53 Å². The summed E-state index contributed by atoms with van der Waals surface area (Å²) >= 11 is 1.18. The van der Waals surface area contributed by atoms with Crippen molar-refractivity contribution in [3.8, 4) is 22.7 Å². The number of nitro benzene ring substituents is 1. The zero-order chi connectivity index (χ0) is 32.5. The molecule has 1 atom stereocenters. The van der Waals surface area contributed by atoms with Crippen molar-refractivity contribution in [2.45, 2.75) is 32.9 Å². The van der Waals surface area contributed by atoms with Crippen LogP contribution in [0.3, 0.4) is 0 Å². The van der Waals surface area contributed by atoms with E-state index in [2.05, 4.69) is 4.99 Å². The normalized spacial score (nSPS) is 14.6. The maximum Gasteiger partial charge on any atom is 0.338 e. The van der Waals surface area contributed by atoms with E-state index >= 15 is 0 Å². The summed E-state index contributed by atoms with van der Waals surface area (Å²) in [5.74, 6) is 0.0794. The second-order valence-electron chi connectivity index (χ2n) is 10.8. The number of hydrogen-bond donors (Lipinski definition) is 0. The Morgan fingerprint density at radius 2 is 1.80 bits per heavy atom. The number of rotatable bonds is 8. The van der Waals surface area contributed by atoms with Crippen LogP contribution in [0.5, 0.6) is 5.75 Å². The summed E-state index contributed by atoms with van der Waals surface area (Å²) in [5.41, 5.74) is 3.31. The van der Waals surface area contributed by atoms with E-state index in [0.717, 1.165) is 5.69 Å². The molecule has 46 heavy (non-hydrogen) atoms. The van der Waals surface area contributed by atoms with Gasteiger partial charge in [-0.3, -0.25) is 19.5 Å². The summed E-state index contributed by atoms with van der Waals surface area (Å²) in [7, 11) is 1.56. The molecule has 0 aliphatic carbocycles. The molecular formula is C34H29N5O6S. The van der Waals surface area contributed by atoms with Crippen LogP contribution in [0.25, 0.3) is 23.0 Å². The van der Waals surface area contributed by atoms with E-state index in [4.69, 9.17) is 14.6 Å². The number of carbonyl (C=O) groups is 1. The molecule has 232 valence electrons. The van der Waals surface area contributed by atoms with Gasteiger partial charge >= 0.3 is 5.97 Å². The fourth-order valence-electron chi connectivity index (χ4n) is 5.30. The summed E-state index contributed by atoms with van der Waals surface area (Å²) in [6.45, 7) is 5.26. The number of nitrogens with zero attached hydrogens (tertiary/aromatic N) is 5. The number of esters is 1. The lowest BCUT2D eigenvalue weighted by molar-refractivity contribution is -0.384. The number of non-ortho nitro benzene ring substituents is 1. The van der Waals surface area contributed by atoms with Gasteiger partial charge in [0.15, 0.2) is 4.80 Å². The van der Waals surface area contributed by atoms with E-state index in [1.807, 2.05) is 42.5 Å². The molecule has 0 N–H and O–H groups in total. The lowest BCUT2D eigenvalue weighted by atomic mass is 9.96. The number of allylic oxidation sites excluding steroid dienone is 1. The number of ether oxygens (including phenoxy) is 2. The van der Waals surface area contributed by atoms with Crippen molar-refractivity contribution in [3.63, 3.8) is 0 Å². The van der Waals surface area contributed by atoms with Gasteiger partial charge in [-0.2, -0.15) is 5.10 Å². The summed E-state index contributed by atoms with van der Waals surface area (Å²) < 4.78 is 14.4. The van der Waals surface area contributed by atoms with Crippen LogP contribution in [0.1, 0.15) is 37.9 Å². The Morgan fingerprint density at radius 1 is 1.07 bits per heavy atom. The average Bonchev–Trinajstić information content (AvgIpc) is 3.61. The molecule has 1 aliphatic heterocycles. The van der Waals surface area contributed by atoms with Gasteiger partial charge < -0.3 is 9.47 Å².